The van der Waals surface area contributed by atoms with Crippen LogP contribution < -0.4 is 9.47 Å². The minimum atomic E-state index is -1.36. The summed E-state index contributed by atoms with van der Waals surface area (Å²) in [5.74, 6) is -2.27. The van der Waals surface area contributed by atoms with Crippen LogP contribution in [-0.4, -0.2) is 36.4 Å². The van der Waals surface area contributed by atoms with Gasteiger partial charge in [-0.3, -0.25) is 9.59 Å². The van der Waals surface area contributed by atoms with Crippen LogP contribution in [0.2, 0.25) is 0 Å². The van der Waals surface area contributed by atoms with E-state index in [2.05, 4.69) is 0 Å². The molecule has 2 unspecified atom stereocenters. The number of aliphatic carboxylic acids is 2. The van der Waals surface area contributed by atoms with Crippen molar-refractivity contribution in [3.05, 3.63) is 23.8 Å². The molecule has 0 saturated heterocycles. The lowest BCUT2D eigenvalue weighted by Gasteiger charge is -2.14. The van der Waals surface area contributed by atoms with Crippen molar-refractivity contribution < 1.29 is 29.3 Å². The lowest BCUT2D eigenvalue weighted by molar-refractivity contribution is -0.145. The molecular weight excluding hydrogens is 252 g/mol. The highest BCUT2D eigenvalue weighted by molar-refractivity contribution is 5.95. The van der Waals surface area contributed by atoms with E-state index in [4.69, 9.17) is 14.6 Å². The number of carboxylic acids is 2. The second kappa shape index (κ2) is 4.46. The minimum absolute atomic E-state index is 0.0904. The third kappa shape index (κ3) is 1.89. The maximum Gasteiger partial charge on any atom is 0.315 e. The van der Waals surface area contributed by atoms with E-state index in [0.717, 1.165) is 0 Å². The summed E-state index contributed by atoms with van der Waals surface area (Å²) in [5, 5.41) is 18.3. The first-order valence-corrected chi connectivity index (χ1v) is 5.66. The summed E-state index contributed by atoms with van der Waals surface area (Å²) in [7, 11) is 2.91. The third-order valence-electron chi connectivity index (χ3n) is 3.54. The molecule has 0 spiro atoms. The molecule has 1 saturated carbocycles. The molecule has 0 aromatic heterocycles. The summed E-state index contributed by atoms with van der Waals surface area (Å²) < 4.78 is 10.2. The number of carbonyl (C=O) groups is 2. The summed E-state index contributed by atoms with van der Waals surface area (Å²) in [6, 6.07) is 4.67. The van der Waals surface area contributed by atoms with Crippen LogP contribution in [0, 0.1) is 5.92 Å². The molecule has 2 N–H and O–H groups in total. The topological polar surface area (TPSA) is 93.1 Å². The van der Waals surface area contributed by atoms with Crippen molar-refractivity contribution in [1.82, 2.24) is 0 Å². The molecule has 0 heterocycles. The summed E-state index contributed by atoms with van der Waals surface area (Å²) in [6.07, 6.45) is 0.0904. The fraction of sp³-hybridized carbons (Fsp3) is 0.385. The average Bonchev–Trinajstić information content (AvgIpc) is 3.15. The number of carboxylic acid groups (broad SMARTS) is 2. The Morgan fingerprint density at radius 2 is 1.84 bits per heavy atom. The number of rotatable bonds is 5. The van der Waals surface area contributed by atoms with Crippen LogP contribution in [0.25, 0.3) is 0 Å². The Hall–Kier alpha value is -2.24. The zero-order valence-electron chi connectivity index (χ0n) is 10.5. The zero-order valence-corrected chi connectivity index (χ0v) is 10.5. The molecule has 6 nitrogen and oxygen atoms in total. The van der Waals surface area contributed by atoms with E-state index in [-0.39, 0.29) is 6.42 Å². The fourth-order valence-corrected chi connectivity index (χ4v) is 2.35. The lowest BCUT2D eigenvalue weighted by atomic mass is 9.93. The highest BCUT2D eigenvalue weighted by atomic mass is 16.5. The smallest absolute Gasteiger partial charge is 0.315 e. The van der Waals surface area contributed by atoms with Gasteiger partial charge >= 0.3 is 11.9 Å². The first-order chi connectivity index (χ1) is 8.97. The molecule has 1 aliphatic carbocycles. The Balaban J connectivity index is 2.46. The van der Waals surface area contributed by atoms with Crippen LogP contribution in [0.1, 0.15) is 12.0 Å². The van der Waals surface area contributed by atoms with Gasteiger partial charge in [-0.05, 0) is 24.1 Å². The molecule has 0 bridgehead atoms. The number of hydrogen-bond donors (Lipinski definition) is 2. The maximum absolute atomic E-state index is 11.4. The van der Waals surface area contributed by atoms with Gasteiger partial charge in [0.2, 0.25) is 0 Å². The highest BCUT2D eigenvalue weighted by Gasteiger charge is 2.65. The van der Waals surface area contributed by atoms with Gasteiger partial charge in [-0.2, -0.15) is 0 Å². The summed E-state index contributed by atoms with van der Waals surface area (Å²) in [5.41, 5.74) is -0.934. The van der Waals surface area contributed by atoms with E-state index in [1.807, 2.05) is 0 Å². The summed E-state index contributed by atoms with van der Waals surface area (Å²) in [4.78, 5) is 22.4. The normalized spacial score (nSPS) is 24.6. The van der Waals surface area contributed by atoms with Crippen LogP contribution in [0.4, 0.5) is 0 Å². The lowest BCUT2D eigenvalue weighted by Crippen LogP contribution is -2.25. The average molecular weight is 266 g/mol. The van der Waals surface area contributed by atoms with E-state index >= 15 is 0 Å². The Labute approximate surface area is 109 Å². The molecule has 0 aliphatic heterocycles. The Morgan fingerprint density at radius 1 is 1.21 bits per heavy atom. The van der Waals surface area contributed by atoms with Gasteiger partial charge in [-0.1, -0.05) is 6.07 Å². The number of ether oxygens (including phenoxy) is 2. The van der Waals surface area contributed by atoms with Gasteiger partial charge in [0, 0.05) is 0 Å². The van der Waals surface area contributed by atoms with Crippen molar-refractivity contribution in [2.24, 2.45) is 5.92 Å². The van der Waals surface area contributed by atoms with Crippen LogP contribution in [0.5, 0.6) is 11.5 Å². The maximum atomic E-state index is 11.4. The quantitative estimate of drug-likeness (QED) is 0.829. The molecular formula is C13H14O6. The number of benzene rings is 1. The second-order valence-electron chi connectivity index (χ2n) is 4.44. The van der Waals surface area contributed by atoms with Gasteiger partial charge in [-0.25, -0.2) is 0 Å². The first-order valence-electron chi connectivity index (χ1n) is 5.66. The predicted molar refractivity (Wildman–Crippen MR) is 64.6 cm³/mol. The van der Waals surface area contributed by atoms with E-state index < -0.39 is 23.3 Å². The molecule has 1 aromatic rings. The van der Waals surface area contributed by atoms with Gasteiger partial charge in [0.1, 0.15) is 5.41 Å². The molecule has 0 radical (unpaired) electrons. The van der Waals surface area contributed by atoms with Crippen molar-refractivity contribution >= 4 is 11.9 Å². The molecule has 1 aromatic carbocycles. The summed E-state index contributed by atoms with van der Waals surface area (Å²) in [6.45, 7) is 0. The van der Waals surface area contributed by atoms with Crippen molar-refractivity contribution in [3.8, 4) is 11.5 Å². The standard InChI is InChI=1S/C13H14O6/c1-18-9-4-3-7(5-10(9)19-2)13(12(16)17)6-8(13)11(14)15/h3-5,8H,6H2,1-2H3,(H,14,15)(H,16,17). The van der Waals surface area contributed by atoms with Crippen molar-refractivity contribution in [2.45, 2.75) is 11.8 Å². The van der Waals surface area contributed by atoms with Crippen LogP contribution in [0.15, 0.2) is 18.2 Å². The minimum Gasteiger partial charge on any atom is -0.493 e. The first kappa shape index (κ1) is 13.2. The molecule has 1 fully saturated rings. The van der Waals surface area contributed by atoms with Gasteiger partial charge < -0.3 is 19.7 Å². The van der Waals surface area contributed by atoms with E-state index in [1.165, 1.54) is 20.3 Å². The highest BCUT2D eigenvalue weighted by Crippen LogP contribution is 2.55. The molecule has 102 valence electrons. The van der Waals surface area contributed by atoms with Crippen molar-refractivity contribution in [3.63, 3.8) is 0 Å². The van der Waals surface area contributed by atoms with Crippen LogP contribution in [-0.2, 0) is 15.0 Å². The Kier molecular flexibility index (Phi) is 3.09. The Morgan fingerprint density at radius 3 is 2.26 bits per heavy atom. The zero-order chi connectivity index (χ0) is 14.2. The second-order valence-corrected chi connectivity index (χ2v) is 4.44. The SMILES string of the molecule is COc1ccc(C2(C(=O)O)CC2C(=O)O)cc1OC. The number of methoxy groups -OCH3 is 2. The van der Waals surface area contributed by atoms with E-state index in [9.17, 15) is 14.7 Å². The van der Waals surface area contributed by atoms with Gasteiger partial charge in [0.15, 0.2) is 11.5 Å². The predicted octanol–water partition coefficient (Wildman–Crippen LogP) is 1.13. The monoisotopic (exact) mass is 266 g/mol. The molecule has 6 heteroatoms. The molecule has 2 rings (SSSR count). The van der Waals surface area contributed by atoms with Crippen molar-refractivity contribution in [2.75, 3.05) is 14.2 Å². The molecule has 1 aliphatic rings. The van der Waals surface area contributed by atoms with E-state index in [0.29, 0.717) is 17.1 Å². The Bertz CT molecular complexity index is 538. The molecule has 2 atom stereocenters. The largest absolute Gasteiger partial charge is 0.493 e. The fourth-order valence-electron chi connectivity index (χ4n) is 2.35. The third-order valence-corrected chi connectivity index (χ3v) is 3.54. The number of hydrogen-bond acceptors (Lipinski definition) is 4. The van der Waals surface area contributed by atoms with Gasteiger partial charge in [0.25, 0.3) is 0 Å². The summed E-state index contributed by atoms with van der Waals surface area (Å²) >= 11 is 0. The van der Waals surface area contributed by atoms with Gasteiger partial charge in [-0.15, -0.1) is 0 Å². The van der Waals surface area contributed by atoms with Crippen LogP contribution in [0.3, 0.4) is 0 Å². The molecule has 19 heavy (non-hydrogen) atoms. The molecule has 0 amide bonds. The van der Waals surface area contributed by atoms with Gasteiger partial charge in [0.05, 0.1) is 20.1 Å². The van der Waals surface area contributed by atoms with Crippen LogP contribution >= 0.6 is 0 Å². The van der Waals surface area contributed by atoms with Crippen molar-refractivity contribution in [1.29, 1.82) is 0 Å². The van der Waals surface area contributed by atoms with E-state index in [1.54, 1.807) is 12.1 Å².